The quantitative estimate of drug-likeness (QED) is 0.239. The molecule has 1 rings (SSSR count). The summed E-state index contributed by atoms with van der Waals surface area (Å²) in [7, 11) is 0. The molecule has 2 nitrogen and oxygen atoms in total. The summed E-state index contributed by atoms with van der Waals surface area (Å²) in [4.78, 5) is 11.3. The molecule has 0 aliphatic carbocycles. The van der Waals surface area contributed by atoms with Crippen LogP contribution in [-0.4, -0.2) is 52.7 Å². The number of carbonyl (C=O) groups is 1. The number of nitrogens with one attached hydrogen (secondary N) is 1. The lowest BCUT2D eigenvalue weighted by atomic mass is 9.89. The van der Waals surface area contributed by atoms with Gasteiger partial charge in [-0.1, -0.05) is 0 Å². The topological polar surface area (TPSA) is 29.1 Å². The minimum absolute atomic E-state index is 0.0212. The van der Waals surface area contributed by atoms with E-state index in [4.69, 9.17) is 0 Å². The molecule has 0 heterocycles. The van der Waals surface area contributed by atoms with Gasteiger partial charge >= 0.3 is 52.7 Å². The van der Waals surface area contributed by atoms with Gasteiger partial charge in [-0.05, 0) is 23.7 Å². The number of alkyl halides is 17. The van der Waals surface area contributed by atoms with Gasteiger partial charge in [0.25, 0.3) is 0 Å². The summed E-state index contributed by atoms with van der Waals surface area (Å²) in [6.07, 6.45) is 0. The molecule has 0 aliphatic heterocycles. The van der Waals surface area contributed by atoms with Crippen LogP contribution in [-0.2, 0) is 4.79 Å². The number of rotatable bonds is 9. The molecule has 36 heavy (non-hydrogen) atoms. The minimum atomic E-state index is -8.75. The number of amides is 1. The molecule has 1 aromatic carbocycles. The van der Waals surface area contributed by atoms with Crippen LogP contribution in [0.3, 0.4) is 0 Å². The normalized spacial score (nSPS) is 15.2. The molecular formula is C15H4ClF18NO. The maximum absolute atomic E-state index is 13.7. The third-order valence-corrected chi connectivity index (χ3v) is 4.42. The van der Waals surface area contributed by atoms with Crippen molar-refractivity contribution in [1.29, 1.82) is 0 Å². The molecule has 1 N–H and O–H groups in total. The Kier molecular flexibility index (Phi) is 7.62. The molecule has 0 unspecified atom stereocenters. The van der Waals surface area contributed by atoms with Gasteiger partial charge in [-0.15, -0.1) is 0 Å². The Bertz CT molecular complexity index is 1000. The maximum Gasteiger partial charge on any atom is 0.393 e. The fourth-order valence-electron chi connectivity index (χ4n) is 2.10. The zero-order chi connectivity index (χ0) is 29.1. The Labute approximate surface area is 190 Å². The molecule has 21 heteroatoms. The molecule has 0 radical (unpaired) electrons. The lowest BCUT2D eigenvalue weighted by molar-refractivity contribution is -0.445. The number of hydrogen-bond donors (Lipinski definition) is 1. The molecule has 0 aliphatic rings. The first-order valence-electron chi connectivity index (χ1n) is 8.03. The standard InChI is InChI=1S/C15H4ClF18NO/c16-15(33,34)14(31,32)13(29,30)12(27,28)11(25,26)10(23,24)9(21,22)8(19,20)7(36)35-6-2-1-4(17)3-5(6)18/h1-3H,(H,35,36). The van der Waals surface area contributed by atoms with Gasteiger partial charge in [0.05, 0.1) is 5.69 Å². The van der Waals surface area contributed by atoms with Crippen LogP contribution < -0.4 is 5.32 Å². The molecular weight excluding hydrogens is 588 g/mol. The largest absolute Gasteiger partial charge is 0.393 e. The second-order valence-electron chi connectivity index (χ2n) is 6.60. The van der Waals surface area contributed by atoms with Crippen LogP contribution in [0.4, 0.5) is 84.7 Å². The van der Waals surface area contributed by atoms with Crippen molar-refractivity contribution in [2.45, 2.75) is 46.8 Å². The van der Waals surface area contributed by atoms with Gasteiger partial charge in [0.15, 0.2) is 0 Å². The highest BCUT2D eigenvalue weighted by Crippen LogP contribution is 2.64. The first kappa shape index (κ1) is 31.7. The highest BCUT2D eigenvalue weighted by atomic mass is 35.5. The van der Waals surface area contributed by atoms with Crippen molar-refractivity contribution >= 4 is 23.2 Å². The Balaban J connectivity index is 3.59. The van der Waals surface area contributed by atoms with E-state index >= 15 is 0 Å². The van der Waals surface area contributed by atoms with E-state index in [2.05, 4.69) is 11.6 Å². The summed E-state index contributed by atoms with van der Waals surface area (Å²) in [5, 5.41) is -6.56. The monoisotopic (exact) mass is 591 g/mol. The van der Waals surface area contributed by atoms with E-state index in [0.717, 1.165) is 0 Å². The summed E-state index contributed by atoms with van der Waals surface area (Å²) < 4.78 is 239. The van der Waals surface area contributed by atoms with Crippen LogP contribution in [0.1, 0.15) is 0 Å². The van der Waals surface area contributed by atoms with Crippen LogP contribution >= 0.6 is 11.6 Å². The second-order valence-corrected chi connectivity index (χ2v) is 7.07. The average Bonchev–Trinajstić information content (AvgIpc) is 2.68. The third kappa shape index (κ3) is 4.27. The highest BCUT2D eigenvalue weighted by Gasteiger charge is 2.95. The van der Waals surface area contributed by atoms with Crippen molar-refractivity contribution in [3.05, 3.63) is 29.8 Å². The molecule has 1 amide bonds. The van der Waals surface area contributed by atoms with Gasteiger partial charge in [0.1, 0.15) is 11.6 Å². The smallest absolute Gasteiger partial charge is 0.318 e. The first-order chi connectivity index (χ1) is 15.6. The average molecular weight is 592 g/mol. The summed E-state index contributed by atoms with van der Waals surface area (Å²) >= 11 is 3.38. The Morgan fingerprint density at radius 2 is 0.972 bits per heavy atom. The fraction of sp³-hybridized carbons (Fsp3) is 0.533. The van der Waals surface area contributed by atoms with Crippen LogP contribution in [0.2, 0.25) is 0 Å². The van der Waals surface area contributed by atoms with Gasteiger partial charge in [-0.2, -0.15) is 70.2 Å². The Morgan fingerprint density at radius 1 is 0.611 bits per heavy atom. The molecule has 0 atom stereocenters. The van der Waals surface area contributed by atoms with E-state index in [0.29, 0.717) is 5.32 Å². The molecule has 0 fully saturated rings. The van der Waals surface area contributed by atoms with Crippen LogP contribution in [0.5, 0.6) is 0 Å². The van der Waals surface area contributed by atoms with Gasteiger partial charge in [-0.25, -0.2) is 8.78 Å². The number of carbonyl (C=O) groups excluding carboxylic acids is 1. The molecule has 0 saturated carbocycles. The summed E-state index contributed by atoms with van der Waals surface area (Å²) in [5.41, 5.74) is -1.71. The fourth-order valence-corrected chi connectivity index (χ4v) is 2.22. The summed E-state index contributed by atoms with van der Waals surface area (Å²) in [6, 6.07) is -0.121. The lowest BCUT2D eigenvalue weighted by Gasteiger charge is -2.42. The predicted molar refractivity (Wildman–Crippen MR) is 80.4 cm³/mol. The van der Waals surface area contributed by atoms with Crippen molar-refractivity contribution in [3.63, 3.8) is 0 Å². The zero-order valence-corrected chi connectivity index (χ0v) is 16.6. The zero-order valence-electron chi connectivity index (χ0n) is 15.8. The van der Waals surface area contributed by atoms with Crippen molar-refractivity contribution in [1.82, 2.24) is 0 Å². The molecule has 0 saturated heterocycles. The summed E-state index contributed by atoms with van der Waals surface area (Å²) in [6.45, 7) is 0. The van der Waals surface area contributed by atoms with Crippen molar-refractivity contribution in [2.24, 2.45) is 0 Å². The second kappa shape index (κ2) is 8.64. The molecule has 1 aromatic rings. The van der Waals surface area contributed by atoms with Gasteiger partial charge in [0.2, 0.25) is 0 Å². The van der Waals surface area contributed by atoms with Crippen molar-refractivity contribution < 1.29 is 83.8 Å². The van der Waals surface area contributed by atoms with Crippen LogP contribution in [0, 0.1) is 11.6 Å². The highest BCUT2D eigenvalue weighted by molar-refractivity contribution is 6.22. The lowest BCUT2D eigenvalue weighted by Crippen LogP contribution is -2.75. The van der Waals surface area contributed by atoms with Gasteiger partial charge in [0, 0.05) is 6.07 Å². The maximum atomic E-state index is 13.7. The Hall–Kier alpha value is -2.28. The SMILES string of the molecule is O=C(Nc1ccc(F)cc1F)C(F)(F)C(F)(F)C(F)(F)C(F)(F)C(F)(F)C(F)(F)C(F)(F)C(F)(F)Cl. The number of anilines is 1. The van der Waals surface area contributed by atoms with Crippen molar-refractivity contribution in [3.8, 4) is 0 Å². The predicted octanol–water partition coefficient (Wildman–Crippen LogP) is 7.18. The molecule has 208 valence electrons. The molecule has 0 spiro atoms. The number of hydrogen-bond acceptors (Lipinski definition) is 1. The van der Waals surface area contributed by atoms with Crippen LogP contribution in [0.25, 0.3) is 0 Å². The molecule has 0 bridgehead atoms. The van der Waals surface area contributed by atoms with E-state index in [9.17, 15) is 83.8 Å². The van der Waals surface area contributed by atoms with E-state index in [1.807, 2.05) is 0 Å². The van der Waals surface area contributed by atoms with Crippen molar-refractivity contribution in [2.75, 3.05) is 5.32 Å². The van der Waals surface area contributed by atoms with Crippen LogP contribution in [0.15, 0.2) is 18.2 Å². The number of halogens is 19. The molecule has 0 aromatic heterocycles. The third-order valence-electron chi connectivity index (χ3n) is 4.19. The first-order valence-corrected chi connectivity index (χ1v) is 8.41. The Morgan fingerprint density at radius 3 is 1.33 bits per heavy atom. The van der Waals surface area contributed by atoms with Gasteiger partial charge < -0.3 is 5.32 Å². The van der Waals surface area contributed by atoms with Gasteiger partial charge in [-0.3, -0.25) is 4.79 Å². The summed E-state index contributed by atoms with van der Waals surface area (Å²) in [5.74, 6) is -65.4. The number of benzene rings is 1. The van der Waals surface area contributed by atoms with E-state index < -0.39 is 70.1 Å². The van der Waals surface area contributed by atoms with E-state index in [1.54, 1.807) is 0 Å². The minimum Gasteiger partial charge on any atom is -0.318 e. The van der Waals surface area contributed by atoms with E-state index in [1.165, 1.54) is 0 Å². The van der Waals surface area contributed by atoms with E-state index in [-0.39, 0.29) is 18.2 Å².